The molecule has 2 amide bonds. The zero-order valence-corrected chi connectivity index (χ0v) is 11.1. The van der Waals surface area contributed by atoms with E-state index < -0.39 is 18.0 Å². The van der Waals surface area contributed by atoms with Crippen LogP contribution in [0.5, 0.6) is 5.75 Å². The number of carbonyl (C=O) groups is 2. The molecule has 0 aliphatic carbocycles. The standard InChI is InChI=1S/C13H18N2O5/c1-20-10-4-2-3-9(7-10)8-14-13(19)15-11(5-6-16)12(17)18/h2-4,7,11,16H,5-6,8H2,1H3,(H,17,18)(H2,14,15,19)/t11-/m0/s1. The monoisotopic (exact) mass is 282 g/mol. The van der Waals surface area contributed by atoms with Gasteiger partial charge in [-0.1, -0.05) is 12.1 Å². The molecule has 20 heavy (non-hydrogen) atoms. The Labute approximate surface area is 116 Å². The fourth-order valence-electron chi connectivity index (χ4n) is 1.56. The van der Waals surface area contributed by atoms with Crippen LogP contribution in [0.3, 0.4) is 0 Å². The van der Waals surface area contributed by atoms with Crippen LogP contribution in [0, 0.1) is 0 Å². The van der Waals surface area contributed by atoms with Crippen molar-refractivity contribution in [3.05, 3.63) is 29.8 Å². The number of aliphatic hydroxyl groups is 1. The smallest absolute Gasteiger partial charge is 0.326 e. The molecule has 0 unspecified atom stereocenters. The Balaban J connectivity index is 2.47. The number of aliphatic hydroxyl groups excluding tert-OH is 1. The molecule has 1 rings (SSSR count). The Morgan fingerprint density at radius 1 is 1.40 bits per heavy atom. The first-order valence-corrected chi connectivity index (χ1v) is 6.07. The molecule has 0 aliphatic heterocycles. The number of carboxylic acid groups (broad SMARTS) is 1. The van der Waals surface area contributed by atoms with Crippen LogP contribution in [-0.2, 0) is 11.3 Å². The Kier molecular flexibility index (Phi) is 6.31. The summed E-state index contributed by atoms with van der Waals surface area (Å²) in [7, 11) is 1.55. The van der Waals surface area contributed by atoms with Gasteiger partial charge < -0.3 is 25.6 Å². The van der Waals surface area contributed by atoms with Gasteiger partial charge >= 0.3 is 12.0 Å². The summed E-state index contributed by atoms with van der Waals surface area (Å²) in [5.41, 5.74) is 0.827. The highest BCUT2D eigenvalue weighted by atomic mass is 16.5. The van der Waals surface area contributed by atoms with E-state index in [1.54, 1.807) is 25.3 Å². The van der Waals surface area contributed by atoms with Gasteiger partial charge in [-0.3, -0.25) is 0 Å². The lowest BCUT2D eigenvalue weighted by Gasteiger charge is -2.14. The number of urea groups is 1. The first kappa shape index (κ1) is 15.8. The van der Waals surface area contributed by atoms with Crippen molar-refractivity contribution in [2.24, 2.45) is 0 Å². The van der Waals surface area contributed by atoms with Crippen molar-refractivity contribution < 1.29 is 24.5 Å². The average Bonchev–Trinajstić information content (AvgIpc) is 2.44. The zero-order valence-electron chi connectivity index (χ0n) is 11.1. The zero-order chi connectivity index (χ0) is 15.0. The third-order valence-electron chi connectivity index (χ3n) is 2.61. The molecule has 0 bridgehead atoms. The maximum Gasteiger partial charge on any atom is 0.326 e. The van der Waals surface area contributed by atoms with Crippen molar-refractivity contribution in [3.8, 4) is 5.75 Å². The van der Waals surface area contributed by atoms with Gasteiger partial charge in [0, 0.05) is 19.6 Å². The number of benzene rings is 1. The van der Waals surface area contributed by atoms with Gasteiger partial charge in [0.1, 0.15) is 11.8 Å². The van der Waals surface area contributed by atoms with Gasteiger partial charge in [0.15, 0.2) is 0 Å². The number of nitrogens with one attached hydrogen (secondary N) is 2. The summed E-state index contributed by atoms with van der Waals surface area (Å²) in [5.74, 6) is -0.510. The second-order valence-corrected chi connectivity index (χ2v) is 4.08. The fraction of sp³-hybridized carbons (Fsp3) is 0.385. The van der Waals surface area contributed by atoms with Gasteiger partial charge in [-0.2, -0.15) is 0 Å². The summed E-state index contributed by atoms with van der Waals surface area (Å²) in [6.07, 6.45) is -0.0398. The molecule has 1 aromatic rings. The number of carbonyl (C=O) groups excluding carboxylic acids is 1. The van der Waals surface area contributed by atoms with Gasteiger partial charge in [0.05, 0.1) is 7.11 Å². The van der Waals surface area contributed by atoms with Crippen LogP contribution in [0.15, 0.2) is 24.3 Å². The Hall–Kier alpha value is -2.28. The SMILES string of the molecule is COc1cccc(CNC(=O)N[C@@H](CCO)C(=O)O)c1. The van der Waals surface area contributed by atoms with E-state index >= 15 is 0 Å². The predicted molar refractivity (Wildman–Crippen MR) is 71.5 cm³/mol. The third kappa shape index (κ3) is 5.15. The number of hydrogen-bond acceptors (Lipinski definition) is 4. The van der Waals surface area contributed by atoms with Crippen LogP contribution in [0.1, 0.15) is 12.0 Å². The summed E-state index contributed by atoms with van der Waals surface area (Å²) < 4.78 is 5.06. The summed E-state index contributed by atoms with van der Waals surface area (Å²) in [6, 6.07) is 5.44. The Morgan fingerprint density at radius 3 is 2.75 bits per heavy atom. The molecule has 0 spiro atoms. The van der Waals surface area contributed by atoms with E-state index in [9.17, 15) is 9.59 Å². The molecule has 1 aromatic carbocycles. The quantitative estimate of drug-likeness (QED) is 0.576. The van der Waals surface area contributed by atoms with Crippen LogP contribution in [-0.4, -0.2) is 42.0 Å². The molecule has 1 atom stereocenters. The number of carboxylic acids is 1. The van der Waals surface area contributed by atoms with Crippen molar-refractivity contribution in [2.45, 2.75) is 19.0 Å². The fourth-order valence-corrected chi connectivity index (χ4v) is 1.56. The number of hydrogen-bond donors (Lipinski definition) is 4. The average molecular weight is 282 g/mol. The summed E-state index contributed by atoms with van der Waals surface area (Å²) in [5, 5.41) is 22.4. The van der Waals surface area contributed by atoms with Gasteiger partial charge in [0.2, 0.25) is 0 Å². The van der Waals surface area contributed by atoms with Crippen molar-refractivity contribution in [3.63, 3.8) is 0 Å². The van der Waals surface area contributed by atoms with E-state index in [0.717, 1.165) is 5.56 Å². The van der Waals surface area contributed by atoms with E-state index in [1.165, 1.54) is 0 Å². The highest BCUT2D eigenvalue weighted by Gasteiger charge is 2.18. The molecule has 0 saturated carbocycles. The number of amides is 2. The number of methoxy groups -OCH3 is 1. The molecule has 0 aliphatic rings. The summed E-state index contributed by atoms with van der Waals surface area (Å²) >= 11 is 0. The molecular formula is C13H18N2O5. The lowest BCUT2D eigenvalue weighted by Crippen LogP contribution is -2.46. The minimum absolute atomic E-state index is 0.0398. The minimum atomic E-state index is -1.18. The molecule has 0 radical (unpaired) electrons. The molecule has 0 saturated heterocycles. The molecular weight excluding hydrogens is 264 g/mol. The summed E-state index contributed by atoms with van der Waals surface area (Å²) in [6.45, 7) is -0.0678. The van der Waals surface area contributed by atoms with E-state index in [1.807, 2.05) is 6.07 Å². The van der Waals surface area contributed by atoms with Gasteiger partial charge in [-0.15, -0.1) is 0 Å². The van der Waals surface area contributed by atoms with Crippen LogP contribution in [0.4, 0.5) is 4.79 Å². The molecule has 110 valence electrons. The van der Waals surface area contributed by atoms with Gasteiger partial charge in [0.25, 0.3) is 0 Å². The normalized spacial score (nSPS) is 11.5. The van der Waals surface area contributed by atoms with Crippen LogP contribution in [0.25, 0.3) is 0 Å². The maximum atomic E-state index is 11.6. The first-order valence-electron chi connectivity index (χ1n) is 6.07. The minimum Gasteiger partial charge on any atom is -0.497 e. The van der Waals surface area contributed by atoms with Crippen molar-refractivity contribution in [1.29, 1.82) is 0 Å². The van der Waals surface area contributed by atoms with Crippen LogP contribution in [0.2, 0.25) is 0 Å². The maximum absolute atomic E-state index is 11.6. The molecule has 7 nitrogen and oxygen atoms in total. The summed E-state index contributed by atoms with van der Waals surface area (Å²) in [4.78, 5) is 22.4. The second kappa shape index (κ2) is 8.00. The van der Waals surface area contributed by atoms with Gasteiger partial charge in [-0.05, 0) is 17.7 Å². The van der Waals surface area contributed by atoms with Crippen LogP contribution < -0.4 is 15.4 Å². The lowest BCUT2D eigenvalue weighted by molar-refractivity contribution is -0.139. The molecule has 0 heterocycles. The molecule has 0 aromatic heterocycles. The number of ether oxygens (including phenoxy) is 1. The van der Waals surface area contributed by atoms with Crippen molar-refractivity contribution in [1.82, 2.24) is 10.6 Å². The van der Waals surface area contributed by atoms with Gasteiger partial charge in [-0.25, -0.2) is 9.59 Å². The van der Waals surface area contributed by atoms with E-state index in [0.29, 0.717) is 5.75 Å². The predicted octanol–water partition coefficient (Wildman–Crippen LogP) is 0.330. The van der Waals surface area contributed by atoms with E-state index in [4.69, 9.17) is 14.9 Å². The van der Waals surface area contributed by atoms with E-state index in [-0.39, 0.29) is 19.6 Å². The highest BCUT2D eigenvalue weighted by molar-refractivity contribution is 5.82. The number of rotatable bonds is 7. The van der Waals surface area contributed by atoms with Crippen LogP contribution >= 0.6 is 0 Å². The largest absolute Gasteiger partial charge is 0.497 e. The third-order valence-corrected chi connectivity index (χ3v) is 2.61. The van der Waals surface area contributed by atoms with Crippen molar-refractivity contribution in [2.75, 3.05) is 13.7 Å². The highest BCUT2D eigenvalue weighted by Crippen LogP contribution is 2.11. The second-order valence-electron chi connectivity index (χ2n) is 4.08. The van der Waals surface area contributed by atoms with E-state index in [2.05, 4.69) is 10.6 Å². The molecule has 0 fully saturated rings. The lowest BCUT2D eigenvalue weighted by atomic mass is 10.2. The molecule has 4 N–H and O–H groups in total. The number of aliphatic carboxylic acids is 1. The Bertz CT molecular complexity index is 464. The van der Waals surface area contributed by atoms with Crippen molar-refractivity contribution >= 4 is 12.0 Å². The Morgan fingerprint density at radius 2 is 2.15 bits per heavy atom. The molecule has 7 heteroatoms. The topological polar surface area (TPSA) is 108 Å². The first-order chi connectivity index (χ1) is 9.56.